The van der Waals surface area contributed by atoms with E-state index in [2.05, 4.69) is 43.4 Å². The molecule has 1 aromatic rings. The first-order valence-electron chi connectivity index (χ1n) is 7.27. The monoisotopic (exact) mass is 265 g/mol. The first-order valence-corrected chi connectivity index (χ1v) is 7.27. The van der Waals surface area contributed by atoms with Crippen molar-refractivity contribution < 1.29 is 9.47 Å². The van der Waals surface area contributed by atoms with Crippen molar-refractivity contribution in [1.29, 1.82) is 0 Å². The molecule has 0 heterocycles. The Morgan fingerprint density at radius 2 is 1.84 bits per heavy atom. The highest BCUT2D eigenvalue weighted by Gasteiger charge is 2.18. The van der Waals surface area contributed by atoms with E-state index in [-0.39, 0.29) is 12.1 Å². The van der Waals surface area contributed by atoms with Crippen molar-refractivity contribution in [3.8, 4) is 0 Å². The molecule has 0 aromatic heterocycles. The fraction of sp³-hybridized carbons (Fsp3) is 0.625. The number of hydrogen-bond acceptors (Lipinski definition) is 3. The molecule has 108 valence electrons. The van der Waals surface area contributed by atoms with Crippen LogP contribution in [0.15, 0.2) is 30.3 Å². The topological polar surface area (TPSA) is 30.5 Å². The predicted molar refractivity (Wildman–Crippen MR) is 79.4 cm³/mol. The van der Waals surface area contributed by atoms with E-state index in [1.54, 1.807) is 0 Å². The second kappa shape index (κ2) is 9.96. The van der Waals surface area contributed by atoms with Crippen molar-refractivity contribution in [2.75, 3.05) is 26.4 Å². The highest BCUT2D eigenvalue weighted by molar-refractivity contribution is 5.19. The Bertz CT molecular complexity index is 316. The fourth-order valence-electron chi connectivity index (χ4n) is 2.05. The Hall–Kier alpha value is -0.900. The summed E-state index contributed by atoms with van der Waals surface area (Å²) in [6.07, 6.45) is 1.25. The third kappa shape index (κ3) is 6.19. The van der Waals surface area contributed by atoms with Gasteiger partial charge in [0.05, 0.1) is 25.4 Å². The smallest absolute Gasteiger partial charge is 0.0742 e. The molecule has 0 radical (unpaired) electrons. The molecule has 0 saturated heterocycles. The Labute approximate surface area is 117 Å². The summed E-state index contributed by atoms with van der Waals surface area (Å²) in [6, 6.07) is 10.7. The van der Waals surface area contributed by atoms with Gasteiger partial charge in [-0.1, -0.05) is 37.3 Å². The zero-order valence-electron chi connectivity index (χ0n) is 12.4. The second-order valence-corrected chi connectivity index (χ2v) is 4.62. The molecule has 2 unspecified atom stereocenters. The molecule has 3 heteroatoms. The minimum absolute atomic E-state index is 0.134. The van der Waals surface area contributed by atoms with Crippen LogP contribution in [0.1, 0.15) is 38.8 Å². The lowest BCUT2D eigenvalue weighted by Gasteiger charge is -2.26. The van der Waals surface area contributed by atoms with E-state index < -0.39 is 0 Å². The van der Waals surface area contributed by atoms with Gasteiger partial charge >= 0.3 is 0 Å². The van der Waals surface area contributed by atoms with Gasteiger partial charge in [0.15, 0.2) is 0 Å². The molecule has 1 aromatic carbocycles. The number of benzene rings is 1. The molecule has 0 fully saturated rings. The van der Waals surface area contributed by atoms with Crippen molar-refractivity contribution >= 4 is 0 Å². The van der Waals surface area contributed by atoms with E-state index in [0.717, 1.165) is 19.6 Å². The number of nitrogens with one attached hydrogen (secondary N) is 1. The molecule has 0 saturated carbocycles. The molecule has 0 aliphatic rings. The van der Waals surface area contributed by atoms with Crippen LogP contribution in [0.4, 0.5) is 0 Å². The normalized spacial score (nSPS) is 14.3. The van der Waals surface area contributed by atoms with Crippen LogP contribution in [0.3, 0.4) is 0 Å². The summed E-state index contributed by atoms with van der Waals surface area (Å²) in [7, 11) is 0. The SMILES string of the molecule is CCCNC(c1ccccc1)C(C)OCCOCC. The van der Waals surface area contributed by atoms with E-state index in [0.29, 0.717) is 13.2 Å². The molecule has 0 aliphatic carbocycles. The van der Waals surface area contributed by atoms with Crippen molar-refractivity contribution in [2.24, 2.45) is 0 Å². The van der Waals surface area contributed by atoms with Crippen LogP contribution in [-0.4, -0.2) is 32.5 Å². The van der Waals surface area contributed by atoms with Gasteiger partial charge in [-0.15, -0.1) is 0 Å². The largest absolute Gasteiger partial charge is 0.379 e. The quantitative estimate of drug-likeness (QED) is 0.659. The third-order valence-corrected chi connectivity index (χ3v) is 3.05. The van der Waals surface area contributed by atoms with Crippen LogP contribution in [0.2, 0.25) is 0 Å². The third-order valence-electron chi connectivity index (χ3n) is 3.05. The maximum absolute atomic E-state index is 5.87. The molecule has 19 heavy (non-hydrogen) atoms. The van der Waals surface area contributed by atoms with Crippen molar-refractivity contribution in [3.63, 3.8) is 0 Å². The number of hydrogen-bond donors (Lipinski definition) is 1. The Balaban J connectivity index is 2.53. The highest BCUT2D eigenvalue weighted by atomic mass is 16.5. The average molecular weight is 265 g/mol. The first kappa shape index (κ1) is 16.2. The molecular formula is C16H27NO2. The summed E-state index contributed by atoms with van der Waals surface area (Å²) in [4.78, 5) is 0. The van der Waals surface area contributed by atoms with Crippen molar-refractivity contribution in [3.05, 3.63) is 35.9 Å². The molecule has 0 aliphatic heterocycles. The Morgan fingerprint density at radius 1 is 1.11 bits per heavy atom. The van der Waals surface area contributed by atoms with Gasteiger partial charge in [0.1, 0.15) is 0 Å². The van der Waals surface area contributed by atoms with Crippen LogP contribution < -0.4 is 5.32 Å². The van der Waals surface area contributed by atoms with Gasteiger partial charge in [0.2, 0.25) is 0 Å². The van der Waals surface area contributed by atoms with Gasteiger partial charge in [-0.2, -0.15) is 0 Å². The van der Waals surface area contributed by atoms with Crippen molar-refractivity contribution in [1.82, 2.24) is 5.32 Å². The standard InChI is InChI=1S/C16H27NO2/c1-4-11-17-16(15-9-7-6-8-10-15)14(3)19-13-12-18-5-2/h6-10,14,16-17H,4-5,11-13H2,1-3H3. The van der Waals surface area contributed by atoms with Gasteiger partial charge in [-0.05, 0) is 32.4 Å². The summed E-state index contributed by atoms with van der Waals surface area (Å²) in [5.74, 6) is 0. The lowest BCUT2D eigenvalue weighted by molar-refractivity contribution is -0.00118. The van der Waals surface area contributed by atoms with E-state index in [4.69, 9.17) is 9.47 Å². The molecule has 0 bridgehead atoms. The highest BCUT2D eigenvalue weighted by Crippen LogP contribution is 2.19. The number of ether oxygens (including phenoxy) is 2. The summed E-state index contributed by atoms with van der Waals surface area (Å²) in [5, 5.41) is 3.56. The maximum atomic E-state index is 5.87. The van der Waals surface area contributed by atoms with Gasteiger partial charge in [-0.25, -0.2) is 0 Å². The number of rotatable bonds is 10. The van der Waals surface area contributed by atoms with E-state index in [1.165, 1.54) is 5.56 Å². The lowest BCUT2D eigenvalue weighted by atomic mass is 10.0. The lowest BCUT2D eigenvalue weighted by Crippen LogP contribution is -2.33. The molecule has 1 N–H and O–H groups in total. The second-order valence-electron chi connectivity index (χ2n) is 4.62. The minimum Gasteiger partial charge on any atom is -0.379 e. The Kier molecular flexibility index (Phi) is 8.47. The van der Waals surface area contributed by atoms with Crippen LogP contribution in [0.25, 0.3) is 0 Å². The fourth-order valence-corrected chi connectivity index (χ4v) is 2.05. The summed E-state index contributed by atoms with van der Waals surface area (Å²) in [5.41, 5.74) is 1.28. The van der Waals surface area contributed by atoms with Crippen LogP contribution in [0.5, 0.6) is 0 Å². The molecule has 1 rings (SSSR count). The van der Waals surface area contributed by atoms with E-state index >= 15 is 0 Å². The van der Waals surface area contributed by atoms with Crippen LogP contribution >= 0.6 is 0 Å². The first-order chi connectivity index (χ1) is 9.29. The zero-order chi connectivity index (χ0) is 13.9. The van der Waals surface area contributed by atoms with Crippen LogP contribution in [-0.2, 0) is 9.47 Å². The van der Waals surface area contributed by atoms with Gasteiger partial charge in [0, 0.05) is 6.61 Å². The summed E-state index contributed by atoms with van der Waals surface area (Å²) in [6.45, 7) is 9.34. The minimum atomic E-state index is 0.134. The summed E-state index contributed by atoms with van der Waals surface area (Å²) < 4.78 is 11.2. The molecule has 0 spiro atoms. The van der Waals surface area contributed by atoms with Gasteiger partial charge < -0.3 is 14.8 Å². The van der Waals surface area contributed by atoms with Gasteiger partial charge in [-0.3, -0.25) is 0 Å². The Morgan fingerprint density at radius 3 is 2.47 bits per heavy atom. The molecular weight excluding hydrogens is 238 g/mol. The summed E-state index contributed by atoms with van der Waals surface area (Å²) >= 11 is 0. The molecule has 2 atom stereocenters. The van der Waals surface area contributed by atoms with Gasteiger partial charge in [0.25, 0.3) is 0 Å². The van der Waals surface area contributed by atoms with Crippen LogP contribution in [0, 0.1) is 0 Å². The average Bonchev–Trinajstić information content (AvgIpc) is 2.45. The predicted octanol–water partition coefficient (Wildman–Crippen LogP) is 3.17. The van der Waals surface area contributed by atoms with E-state index in [1.807, 2.05) is 13.0 Å². The molecule has 0 amide bonds. The van der Waals surface area contributed by atoms with E-state index in [9.17, 15) is 0 Å². The van der Waals surface area contributed by atoms with Crippen molar-refractivity contribution in [2.45, 2.75) is 39.3 Å². The maximum Gasteiger partial charge on any atom is 0.0742 e. The molecule has 3 nitrogen and oxygen atoms in total. The zero-order valence-corrected chi connectivity index (χ0v) is 12.4.